The van der Waals surface area contributed by atoms with Gasteiger partial charge >= 0.3 is 0 Å². The highest BCUT2D eigenvalue weighted by molar-refractivity contribution is 7.93. The van der Waals surface area contributed by atoms with E-state index in [0.29, 0.717) is 6.54 Å². The second-order valence-corrected chi connectivity index (χ2v) is 7.27. The molecule has 1 aliphatic heterocycles. The van der Waals surface area contributed by atoms with Gasteiger partial charge in [-0.05, 0) is 44.7 Å². The second-order valence-electron chi connectivity index (χ2n) is 4.85. The maximum absolute atomic E-state index is 12.3. The van der Waals surface area contributed by atoms with Gasteiger partial charge in [-0.1, -0.05) is 18.2 Å². The molecule has 0 aliphatic carbocycles. The molecule has 0 saturated carbocycles. The van der Waals surface area contributed by atoms with E-state index in [1.54, 1.807) is 18.2 Å². The van der Waals surface area contributed by atoms with Crippen molar-refractivity contribution >= 4 is 15.7 Å². The Hall–Kier alpha value is -1.03. The van der Waals surface area contributed by atoms with Gasteiger partial charge in [0.05, 0.1) is 10.9 Å². The number of hydrogen-bond acceptors (Lipinski definition) is 2. The zero-order valence-electron chi connectivity index (χ0n) is 10.6. The molecule has 0 radical (unpaired) electrons. The van der Waals surface area contributed by atoms with Crippen molar-refractivity contribution in [2.24, 2.45) is 0 Å². The third kappa shape index (κ3) is 2.06. The van der Waals surface area contributed by atoms with Crippen LogP contribution in [0.5, 0.6) is 0 Å². The normalized spacial score (nSPS) is 16.1. The van der Waals surface area contributed by atoms with E-state index in [1.807, 2.05) is 25.1 Å². The average Bonchev–Trinajstić information content (AvgIpc) is 2.28. The molecule has 0 spiro atoms. The first-order valence-corrected chi connectivity index (χ1v) is 7.55. The molecule has 1 aliphatic rings. The minimum Gasteiger partial charge on any atom is -0.269 e. The molecular formula is C13H19NO2S. The van der Waals surface area contributed by atoms with E-state index in [9.17, 15) is 8.42 Å². The summed E-state index contributed by atoms with van der Waals surface area (Å²) >= 11 is 0. The van der Waals surface area contributed by atoms with E-state index in [4.69, 9.17) is 0 Å². The number of nitrogens with zero attached hydrogens (tertiary/aromatic N) is 1. The lowest BCUT2D eigenvalue weighted by molar-refractivity contribution is 0.577. The summed E-state index contributed by atoms with van der Waals surface area (Å²) in [7, 11) is -3.20. The van der Waals surface area contributed by atoms with E-state index in [-0.39, 0.29) is 5.25 Å². The number of aryl methyl sites for hydroxylation is 2. The van der Waals surface area contributed by atoms with Crippen molar-refractivity contribution in [2.45, 2.75) is 38.9 Å². The molecule has 17 heavy (non-hydrogen) atoms. The maximum atomic E-state index is 12.3. The van der Waals surface area contributed by atoms with Crippen LogP contribution in [0.4, 0.5) is 5.69 Å². The molecule has 1 heterocycles. The number of rotatable bonds is 2. The molecule has 0 atom stereocenters. The number of hydrogen-bond donors (Lipinski definition) is 0. The van der Waals surface area contributed by atoms with Gasteiger partial charge < -0.3 is 0 Å². The number of para-hydroxylation sites is 1. The van der Waals surface area contributed by atoms with Gasteiger partial charge in [-0.15, -0.1) is 0 Å². The fourth-order valence-electron chi connectivity index (χ4n) is 2.31. The van der Waals surface area contributed by atoms with Gasteiger partial charge in [0.2, 0.25) is 10.0 Å². The number of benzene rings is 1. The highest BCUT2D eigenvalue weighted by Crippen LogP contribution is 2.33. The Bertz CT molecular complexity index is 520. The van der Waals surface area contributed by atoms with Crippen molar-refractivity contribution in [3.8, 4) is 0 Å². The maximum Gasteiger partial charge on any atom is 0.237 e. The van der Waals surface area contributed by atoms with Gasteiger partial charge in [-0.2, -0.15) is 0 Å². The highest BCUT2D eigenvalue weighted by atomic mass is 32.2. The molecule has 0 bridgehead atoms. The van der Waals surface area contributed by atoms with E-state index in [2.05, 4.69) is 0 Å². The van der Waals surface area contributed by atoms with E-state index >= 15 is 0 Å². The van der Waals surface area contributed by atoms with E-state index < -0.39 is 10.0 Å². The van der Waals surface area contributed by atoms with Crippen LogP contribution in [0.15, 0.2) is 18.2 Å². The van der Waals surface area contributed by atoms with Gasteiger partial charge in [0.15, 0.2) is 0 Å². The Morgan fingerprint density at radius 3 is 2.65 bits per heavy atom. The first-order valence-electron chi connectivity index (χ1n) is 6.04. The monoisotopic (exact) mass is 253 g/mol. The first kappa shape index (κ1) is 12.4. The molecule has 1 aromatic carbocycles. The van der Waals surface area contributed by atoms with Crippen LogP contribution in [0.2, 0.25) is 0 Å². The second kappa shape index (κ2) is 4.33. The topological polar surface area (TPSA) is 37.4 Å². The van der Waals surface area contributed by atoms with Crippen molar-refractivity contribution in [1.82, 2.24) is 0 Å². The fraction of sp³-hybridized carbons (Fsp3) is 0.538. The number of fused-ring (bicyclic) bond motifs is 1. The Kier molecular flexibility index (Phi) is 3.17. The van der Waals surface area contributed by atoms with Crippen LogP contribution in [0.25, 0.3) is 0 Å². The average molecular weight is 253 g/mol. The van der Waals surface area contributed by atoms with Crippen LogP contribution >= 0.6 is 0 Å². The molecule has 94 valence electrons. The summed E-state index contributed by atoms with van der Waals surface area (Å²) in [6, 6.07) is 6.01. The van der Waals surface area contributed by atoms with Gasteiger partial charge in [-0.25, -0.2) is 8.42 Å². The van der Waals surface area contributed by atoms with Crippen molar-refractivity contribution in [1.29, 1.82) is 0 Å². The first-order chi connectivity index (χ1) is 7.94. The summed E-state index contributed by atoms with van der Waals surface area (Å²) in [6.45, 7) is 6.06. The van der Waals surface area contributed by atoms with Crippen molar-refractivity contribution in [2.75, 3.05) is 10.8 Å². The summed E-state index contributed by atoms with van der Waals surface area (Å²) in [5, 5.41) is -0.368. The molecule has 0 N–H and O–H groups in total. The van der Waals surface area contributed by atoms with Crippen molar-refractivity contribution < 1.29 is 8.42 Å². The van der Waals surface area contributed by atoms with Crippen LogP contribution in [0.1, 0.15) is 31.4 Å². The zero-order chi connectivity index (χ0) is 12.6. The Morgan fingerprint density at radius 2 is 2.00 bits per heavy atom. The lowest BCUT2D eigenvalue weighted by Crippen LogP contribution is -2.40. The third-order valence-corrected chi connectivity index (χ3v) is 5.45. The number of anilines is 1. The summed E-state index contributed by atoms with van der Waals surface area (Å²) in [4.78, 5) is 0. The smallest absolute Gasteiger partial charge is 0.237 e. The van der Waals surface area contributed by atoms with Gasteiger partial charge in [0, 0.05) is 6.54 Å². The molecular weight excluding hydrogens is 234 g/mol. The molecule has 0 amide bonds. The molecule has 0 aromatic heterocycles. The SMILES string of the molecule is Cc1cccc2c1N(S(=O)(=O)C(C)C)CCC2. The van der Waals surface area contributed by atoms with E-state index in [1.165, 1.54) is 0 Å². The highest BCUT2D eigenvalue weighted by Gasteiger charge is 2.30. The summed E-state index contributed by atoms with van der Waals surface area (Å²) in [6.07, 6.45) is 1.88. The summed E-state index contributed by atoms with van der Waals surface area (Å²) < 4.78 is 26.3. The molecule has 0 unspecified atom stereocenters. The molecule has 0 saturated heterocycles. The predicted octanol–water partition coefficient (Wildman–Crippen LogP) is 2.49. The Balaban J connectivity index is 2.56. The quantitative estimate of drug-likeness (QED) is 0.812. The van der Waals surface area contributed by atoms with Crippen molar-refractivity contribution in [3.05, 3.63) is 29.3 Å². The molecule has 0 fully saturated rings. The Labute approximate surface area is 104 Å². The lowest BCUT2D eigenvalue weighted by atomic mass is 10.0. The Morgan fingerprint density at radius 1 is 1.29 bits per heavy atom. The molecule has 3 nitrogen and oxygen atoms in total. The minimum atomic E-state index is -3.20. The summed E-state index contributed by atoms with van der Waals surface area (Å²) in [5.74, 6) is 0. The van der Waals surface area contributed by atoms with Gasteiger partial charge in [0.1, 0.15) is 0 Å². The van der Waals surface area contributed by atoms with Gasteiger partial charge in [0.25, 0.3) is 0 Å². The fourth-order valence-corrected chi connectivity index (χ4v) is 3.72. The van der Waals surface area contributed by atoms with Crippen LogP contribution in [0, 0.1) is 6.92 Å². The lowest BCUT2D eigenvalue weighted by Gasteiger charge is -2.33. The van der Waals surface area contributed by atoms with Crippen LogP contribution in [0.3, 0.4) is 0 Å². The minimum absolute atomic E-state index is 0.368. The summed E-state index contributed by atoms with van der Waals surface area (Å²) in [5.41, 5.74) is 3.11. The molecule has 2 rings (SSSR count). The predicted molar refractivity (Wildman–Crippen MR) is 70.9 cm³/mol. The third-order valence-electron chi connectivity index (χ3n) is 3.28. The largest absolute Gasteiger partial charge is 0.269 e. The van der Waals surface area contributed by atoms with Gasteiger partial charge in [-0.3, -0.25) is 4.31 Å². The van der Waals surface area contributed by atoms with Crippen molar-refractivity contribution in [3.63, 3.8) is 0 Å². The van der Waals surface area contributed by atoms with E-state index in [0.717, 1.165) is 29.7 Å². The van der Waals surface area contributed by atoms with Crippen LogP contribution in [-0.2, 0) is 16.4 Å². The number of sulfonamides is 1. The zero-order valence-corrected chi connectivity index (χ0v) is 11.4. The standard InChI is InChI=1S/C13H19NO2S/c1-10(2)17(15,16)14-9-5-8-12-7-4-6-11(3)13(12)14/h4,6-7,10H,5,8-9H2,1-3H3. The van der Waals surface area contributed by atoms with Crippen LogP contribution < -0.4 is 4.31 Å². The van der Waals surface area contributed by atoms with Crippen LogP contribution in [-0.4, -0.2) is 20.2 Å². The molecule has 1 aromatic rings. The molecule has 4 heteroatoms.